The summed E-state index contributed by atoms with van der Waals surface area (Å²) in [6, 6.07) is 6.97. The number of rotatable bonds is 6. The second kappa shape index (κ2) is 6.38. The summed E-state index contributed by atoms with van der Waals surface area (Å²) in [4.78, 5) is 0.147. The van der Waals surface area contributed by atoms with Crippen LogP contribution in [0.5, 0.6) is 0 Å². The molecule has 2 aromatic rings. The first kappa shape index (κ1) is 15.0. The fraction of sp³-hybridized carbons (Fsp3) is 0.250. The van der Waals surface area contributed by atoms with Gasteiger partial charge in [-0.1, -0.05) is 22.0 Å². The summed E-state index contributed by atoms with van der Waals surface area (Å²) in [5.41, 5.74) is 0.502. The van der Waals surface area contributed by atoms with E-state index in [1.807, 2.05) is 13.1 Å². The third-order valence-corrected chi connectivity index (χ3v) is 4.42. The standard InChI is InChI=1S/C12H15BrN4O2S/c1-14-5-6-17-9-12(8-15-17)20(18,19)16-11-4-2-3-10(13)7-11/h2-4,7-9,14,16H,5-6H2,1H3. The molecule has 0 aliphatic heterocycles. The third kappa shape index (κ3) is 3.81. The molecule has 0 unspecified atom stereocenters. The Labute approximate surface area is 126 Å². The lowest BCUT2D eigenvalue weighted by Gasteiger charge is -2.06. The number of aromatic nitrogens is 2. The van der Waals surface area contributed by atoms with E-state index in [0.29, 0.717) is 12.2 Å². The Bertz CT molecular complexity index is 684. The number of anilines is 1. The summed E-state index contributed by atoms with van der Waals surface area (Å²) in [5.74, 6) is 0. The number of sulfonamides is 1. The van der Waals surface area contributed by atoms with Gasteiger partial charge in [0.15, 0.2) is 0 Å². The molecule has 0 atom stereocenters. The van der Waals surface area contributed by atoms with Crippen molar-refractivity contribution in [3.8, 4) is 0 Å². The van der Waals surface area contributed by atoms with Crippen LogP contribution in [0.2, 0.25) is 0 Å². The monoisotopic (exact) mass is 358 g/mol. The zero-order valence-electron chi connectivity index (χ0n) is 10.9. The van der Waals surface area contributed by atoms with Crippen LogP contribution in [0, 0.1) is 0 Å². The van der Waals surface area contributed by atoms with Gasteiger partial charge in [-0.25, -0.2) is 8.42 Å². The van der Waals surface area contributed by atoms with Crippen molar-refractivity contribution in [1.82, 2.24) is 15.1 Å². The quantitative estimate of drug-likeness (QED) is 0.823. The van der Waals surface area contributed by atoms with E-state index in [-0.39, 0.29) is 4.90 Å². The maximum atomic E-state index is 12.2. The number of likely N-dealkylation sites (N-methyl/N-ethyl adjacent to an activating group) is 1. The summed E-state index contributed by atoms with van der Waals surface area (Å²) < 4.78 is 29.3. The molecule has 1 heterocycles. The zero-order chi connectivity index (χ0) is 14.6. The Morgan fingerprint density at radius 1 is 1.40 bits per heavy atom. The van der Waals surface area contributed by atoms with Gasteiger partial charge in [0, 0.05) is 22.9 Å². The molecule has 0 saturated heterocycles. The molecule has 1 aromatic heterocycles. The first-order valence-corrected chi connectivity index (χ1v) is 8.24. The fourth-order valence-corrected chi connectivity index (χ4v) is 3.00. The minimum Gasteiger partial charge on any atom is -0.318 e. The largest absolute Gasteiger partial charge is 0.318 e. The number of benzene rings is 1. The van der Waals surface area contributed by atoms with E-state index >= 15 is 0 Å². The zero-order valence-corrected chi connectivity index (χ0v) is 13.3. The van der Waals surface area contributed by atoms with Gasteiger partial charge < -0.3 is 5.32 Å². The highest BCUT2D eigenvalue weighted by Gasteiger charge is 2.16. The van der Waals surface area contributed by atoms with Gasteiger partial charge in [-0.05, 0) is 25.2 Å². The van der Waals surface area contributed by atoms with Crippen LogP contribution in [-0.4, -0.2) is 31.8 Å². The van der Waals surface area contributed by atoms with Gasteiger partial charge in [-0.15, -0.1) is 0 Å². The summed E-state index contributed by atoms with van der Waals surface area (Å²) in [7, 11) is -1.78. The van der Waals surface area contributed by atoms with Crippen LogP contribution in [0.15, 0.2) is 46.0 Å². The molecule has 0 fully saturated rings. The van der Waals surface area contributed by atoms with Crippen molar-refractivity contribution in [3.63, 3.8) is 0 Å². The van der Waals surface area contributed by atoms with Crippen LogP contribution < -0.4 is 10.0 Å². The normalized spacial score (nSPS) is 11.5. The van der Waals surface area contributed by atoms with Crippen molar-refractivity contribution in [1.29, 1.82) is 0 Å². The van der Waals surface area contributed by atoms with Gasteiger partial charge >= 0.3 is 0 Å². The van der Waals surface area contributed by atoms with Crippen molar-refractivity contribution in [3.05, 3.63) is 41.1 Å². The molecule has 0 aliphatic rings. The molecule has 1 aromatic carbocycles. The van der Waals surface area contributed by atoms with Gasteiger partial charge in [0.05, 0.1) is 12.7 Å². The number of halogens is 1. The number of hydrogen-bond donors (Lipinski definition) is 2. The second-order valence-corrected chi connectivity index (χ2v) is 6.76. The van der Waals surface area contributed by atoms with Gasteiger partial charge in [-0.2, -0.15) is 5.10 Å². The second-order valence-electron chi connectivity index (χ2n) is 4.16. The predicted molar refractivity (Wildman–Crippen MR) is 81.1 cm³/mol. The molecule has 0 radical (unpaired) electrons. The van der Waals surface area contributed by atoms with E-state index in [4.69, 9.17) is 0 Å². The van der Waals surface area contributed by atoms with Gasteiger partial charge in [0.1, 0.15) is 4.90 Å². The summed E-state index contributed by atoms with van der Waals surface area (Å²) in [5, 5.41) is 7.01. The number of nitrogens with zero attached hydrogens (tertiary/aromatic N) is 2. The lowest BCUT2D eigenvalue weighted by atomic mass is 10.3. The van der Waals surface area contributed by atoms with Crippen molar-refractivity contribution >= 4 is 31.6 Å². The predicted octanol–water partition coefficient (Wildman–Crippen LogP) is 1.67. The Morgan fingerprint density at radius 2 is 2.20 bits per heavy atom. The maximum Gasteiger partial charge on any atom is 0.265 e. The van der Waals surface area contributed by atoms with Crippen molar-refractivity contribution < 1.29 is 8.42 Å². The van der Waals surface area contributed by atoms with E-state index in [1.54, 1.807) is 22.9 Å². The van der Waals surface area contributed by atoms with Crippen LogP contribution in [0.3, 0.4) is 0 Å². The Morgan fingerprint density at radius 3 is 2.90 bits per heavy atom. The summed E-state index contributed by atoms with van der Waals surface area (Å²) in [6.45, 7) is 1.34. The molecule has 2 rings (SSSR count). The Balaban J connectivity index is 2.16. The number of nitrogens with one attached hydrogen (secondary N) is 2. The molecule has 0 spiro atoms. The molecule has 20 heavy (non-hydrogen) atoms. The van der Waals surface area contributed by atoms with Gasteiger partial charge in [0.25, 0.3) is 10.0 Å². The van der Waals surface area contributed by atoms with Crippen LogP contribution in [0.25, 0.3) is 0 Å². The molecular weight excluding hydrogens is 344 g/mol. The smallest absolute Gasteiger partial charge is 0.265 e. The fourth-order valence-electron chi connectivity index (χ4n) is 1.60. The van der Waals surface area contributed by atoms with Crippen LogP contribution in [0.4, 0.5) is 5.69 Å². The minimum absolute atomic E-state index is 0.147. The third-order valence-electron chi connectivity index (χ3n) is 2.59. The molecule has 0 bridgehead atoms. The summed E-state index contributed by atoms with van der Waals surface area (Å²) in [6.07, 6.45) is 2.85. The molecular formula is C12H15BrN4O2S. The minimum atomic E-state index is -3.61. The molecule has 0 aliphatic carbocycles. The summed E-state index contributed by atoms with van der Waals surface area (Å²) >= 11 is 3.30. The highest BCUT2D eigenvalue weighted by atomic mass is 79.9. The van der Waals surface area contributed by atoms with Crippen molar-refractivity contribution in [2.24, 2.45) is 0 Å². The molecule has 2 N–H and O–H groups in total. The van der Waals surface area contributed by atoms with Crippen molar-refractivity contribution in [2.45, 2.75) is 11.4 Å². The van der Waals surface area contributed by atoms with E-state index in [0.717, 1.165) is 11.0 Å². The molecule has 6 nitrogen and oxygen atoms in total. The number of hydrogen-bond acceptors (Lipinski definition) is 4. The van der Waals surface area contributed by atoms with Crippen LogP contribution in [-0.2, 0) is 16.6 Å². The first-order valence-electron chi connectivity index (χ1n) is 5.97. The topological polar surface area (TPSA) is 76.0 Å². The van der Waals surface area contributed by atoms with E-state index in [9.17, 15) is 8.42 Å². The van der Waals surface area contributed by atoms with E-state index in [1.165, 1.54) is 12.4 Å². The highest BCUT2D eigenvalue weighted by molar-refractivity contribution is 9.10. The lowest BCUT2D eigenvalue weighted by Crippen LogP contribution is -2.15. The lowest BCUT2D eigenvalue weighted by molar-refractivity contribution is 0.582. The molecule has 0 saturated carbocycles. The SMILES string of the molecule is CNCCn1cc(S(=O)(=O)Nc2cccc(Br)c2)cn1. The average molecular weight is 359 g/mol. The van der Waals surface area contributed by atoms with Crippen LogP contribution in [0.1, 0.15) is 0 Å². The average Bonchev–Trinajstić information content (AvgIpc) is 2.85. The van der Waals surface area contributed by atoms with Gasteiger partial charge in [0.2, 0.25) is 0 Å². The highest BCUT2D eigenvalue weighted by Crippen LogP contribution is 2.19. The van der Waals surface area contributed by atoms with Crippen molar-refractivity contribution in [2.75, 3.05) is 18.3 Å². The Kier molecular flexibility index (Phi) is 4.79. The Hall–Kier alpha value is -1.38. The van der Waals surface area contributed by atoms with E-state index in [2.05, 4.69) is 31.1 Å². The molecule has 0 amide bonds. The van der Waals surface area contributed by atoms with Gasteiger partial charge in [-0.3, -0.25) is 9.40 Å². The van der Waals surface area contributed by atoms with Crippen LogP contribution >= 0.6 is 15.9 Å². The molecule has 108 valence electrons. The molecule has 8 heteroatoms. The first-order chi connectivity index (χ1) is 9.51. The maximum absolute atomic E-state index is 12.2. The van der Waals surface area contributed by atoms with E-state index < -0.39 is 10.0 Å².